The molecular weight excluding hydrogens is 481 g/mol. The molecule has 166 valence electrons. The maximum Gasteiger partial charge on any atom is 0.237 e. The number of aliphatic imine (C=N–C) groups is 1. The first-order chi connectivity index (χ1) is 13.4. The molecule has 0 radical (unpaired) electrons. The van der Waals surface area contributed by atoms with E-state index < -0.39 is 5.54 Å². The first-order valence-electron chi connectivity index (χ1n) is 11.1. The first kappa shape index (κ1) is 23.1. The molecule has 4 aliphatic rings. The van der Waals surface area contributed by atoms with Gasteiger partial charge in [0.05, 0.1) is 11.6 Å². The van der Waals surface area contributed by atoms with Crippen LogP contribution in [0.25, 0.3) is 0 Å². The summed E-state index contributed by atoms with van der Waals surface area (Å²) < 4.78 is 6.14. The molecule has 3 unspecified atom stereocenters. The van der Waals surface area contributed by atoms with E-state index in [1.807, 2.05) is 13.8 Å². The van der Waals surface area contributed by atoms with Gasteiger partial charge in [0, 0.05) is 56.7 Å². The summed E-state index contributed by atoms with van der Waals surface area (Å²) >= 11 is 0. The minimum absolute atomic E-state index is 0. The van der Waals surface area contributed by atoms with Gasteiger partial charge in [0.2, 0.25) is 5.91 Å². The van der Waals surface area contributed by atoms with Gasteiger partial charge in [-0.2, -0.15) is 0 Å². The lowest BCUT2D eigenvalue weighted by Gasteiger charge is -2.57. The topological polar surface area (TPSA) is 83.2 Å². The second-order valence-corrected chi connectivity index (χ2v) is 9.50. The van der Waals surface area contributed by atoms with E-state index >= 15 is 0 Å². The van der Waals surface area contributed by atoms with Crippen molar-refractivity contribution in [3.05, 3.63) is 0 Å². The highest BCUT2D eigenvalue weighted by Crippen LogP contribution is 2.60. The molecule has 0 aromatic heterocycles. The number of nitrogens with zero attached hydrogens (tertiary/aromatic N) is 3. The fraction of sp³-hybridized carbons (Fsp3) is 0.905. The van der Waals surface area contributed by atoms with E-state index in [0.29, 0.717) is 23.5 Å². The number of piperazine rings is 1. The van der Waals surface area contributed by atoms with Gasteiger partial charge in [0.25, 0.3) is 0 Å². The van der Waals surface area contributed by atoms with Crippen molar-refractivity contribution >= 4 is 35.8 Å². The van der Waals surface area contributed by atoms with Crippen LogP contribution in [-0.4, -0.2) is 78.7 Å². The highest BCUT2D eigenvalue weighted by atomic mass is 127. The molecule has 8 heteroatoms. The van der Waals surface area contributed by atoms with Gasteiger partial charge in [-0.1, -0.05) is 12.8 Å². The van der Waals surface area contributed by atoms with Crippen molar-refractivity contribution in [3.8, 4) is 0 Å². The van der Waals surface area contributed by atoms with Crippen molar-refractivity contribution in [2.45, 2.75) is 70.6 Å². The number of nitrogens with one attached hydrogen (secondary N) is 1. The molecule has 7 nitrogen and oxygen atoms in total. The zero-order valence-corrected chi connectivity index (χ0v) is 20.5. The Bertz CT molecular complexity index is 627. The third-order valence-electron chi connectivity index (χ3n) is 7.85. The Kier molecular flexibility index (Phi) is 7.05. The fourth-order valence-corrected chi connectivity index (χ4v) is 6.06. The zero-order chi connectivity index (χ0) is 19.9. The molecule has 3 atom stereocenters. The number of carbonyl (C=O) groups excluding carboxylic acids is 1. The molecule has 2 aliphatic carbocycles. The summed E-state index contributed by atoms with van der Waals surface area (Å²) in [7, 11) is 0. The Morgan fingerprint density at radius 3 is 2.48 bits per heavy atom. The molecule has 4 rings (SSSR count). The molecule has 3 N–H and O–H groups in total. The van der Waals surface area contributed by atoms with Crippen molar-refractivity contribution in [2.24, 2.45) is 22.1 Å². The van der Waals surface area contributed by atoms with Crippen molar-refractivity contribution in [3.63, 3.8) is 0 Å². The molecule has 0 bridgehead atoms. The van der Waals surface area contributed by atoms with Crippen LogP contribution < -0.4 is 11.1 Å². The lowest BCUT2D eigenvalue weighted by Crippen LogP contribution is -2.70. The van der Waals surface area contributed by atoms with Gasteiger partial charge in [-0.15, -0.1) is 24.0 Å². The number of nitrogens with two attached hydrogens (primary N) is 1. The Morgan fingerprint density at radius 2 is 1.90 bits per heavy atom. The summed E-state index contributed by atoms with van der Waals surface area (Å²) in [4.78, 5) is 21.2. The summed E-state index contributed by atoms with van der Waals surface area (Å²) in [6, 6.07) is 0.493. The minimum Gasteiger partial charge on any atom is -0.377 e. The van der Waals surface area contributed by atoms with E-state index in [1.54, 1.807) is 0 Å². The number of halogens is 1. The van der Waals surface area contributed by atoms with Crippen LogP contribution in [0.4, 0.5) is 0 Å². The van der Waals surface area contributed by atoms with Crippen LogP contribution in [0.3, 0.4) is 0 Å². The van der Waals surface area contributed by atoms with Crippen molar-refractivity contribution in [1.29, 1.82) is 0 Å². The molecule has 2 saturated heterocycles. The predicted octanol–water partition coefficient (Wildman–Crippen LogP) is 1.80. The van der Waals surface area contributed by atoms with Crippen LogP contribution in [-0.2, 0) is 9.53 Å². The van der Waals surface area contributed by atoms with Gasteiger partial charge in [0.15, 0.2) is 5.96 Å². The van der Waals surface area contributed by atoms with Crippen molar-refractivity contribution in [1.82, 2.24) is 15.1 Å². The third-order valence-corrected chi connectivity index (χ3v) is 7.85. The Hall–Kier alpha value is -0.610. The van der Waals surface area contributed by atoms with Crippen LogP contribution in [0.2, 0.25) is 0 Å². The highest BCUT2D eigenvalue weighted by Gasteiger charge is 2.65. The van der Waals surface area contributed by atoms with Crippen LogP contribution in [0.15, 0.2) is 4.99 Å². The number of guanidine groups is 1. The SMILES string of the molecule is CCN=C(NC1C2CCOC2C12CCCC2)N1CCN(C(C)(C)C(N)=O)CC1.I. The Balaban J connectivity index is 0.00000240. The van der Waals surface area contributed by atoms with Gasteiger partial charge in [-0.25, -0.2) is 0 Å². The van der Waals surface area contributed by atoms with E-state index in [4.69, 9.17) is 15.5 Å². The summed E-state index contributed by atoms with van der Waals surface area (Å²) in [5.41, 5.74) is 5.33. The normalized spacial score (nSPS) is 31.9. The molecular formula is C21H38IN5O2. The second-order valence-electron chi connectivity index (χ2n) is 9.50. The number of ether oxygens (including phenoxy) is 1. The molecule has 4 fully saturated rings. The Morgan fingerprint density at radius 1 is 1.24 bits per heavy atom. The van der Waals surface area contributed by atoms with E-state index in [9.17, 15) is 4.79 Å². The van der Waals surface area contributed by atoms with Gasteiger partial charge >= 0.3 is 0 Å². The predicted molar refractivity (Wildman–Crippen MR) is 125 cm³/mol. The highest BCUT2D eigenvalue weighted by molar-refractivity contribution is 14.0. The average Bonchev–Trinajstić information content (AvgIpc) is 3.34. The molecule has 1 spiro atoms. The van der Waals surface area contributed by atoms with Gasteiger partial charge in [0.1, 0.15) is 0 Å². The third kappa shape index (κ3) is 3.89. The first-order valence-corrected chi connectivity index (χ1v) is 11.1. The molecule has 0 aromatic rings. The standard InChI is InChI=1S/C21H37N5O2.HI/c1-4-23-19(25-10-12-26(13-11-25)20(2,3)18(22)27)24-16-15-7-14-28-17(15)21(16)8-5-6-9-21;/h15-17H,4-14H2,1-3H3,(H2,22,27)(H,23,24);1H. The van der Waals surface area contributed by atoms with Gasteiger partial charge in [-0.3, -0.25) is 14.7 Å². The lowest BCUT2D eigenvalue weighted by molar-refractivity contribution is -0.129. The molecule has 29 heavy (non-hydrogen) atoms. The second kappa shape index (κ2) is 8.86. The van der Waals surface area contributed by atoms with Crippen LogP contribution >= 0.6 is 24.0 Å². The molecule has 2 saturated carbocycles. The quantitative estimate of drug-likeness (QED) is 0.336. The summed E-state index contributed by atoms with van der Waals surface area (Å²) in [5, 5.41) is 3.89. The van der Waals surface area contributed by atoms with E-state index in [-0.39, 0.29) is 29.9 Å². The van der Waals surface area contributed by atoms with Crippen LogP contribution in [0.5, 0.6) is 0 Å². The van der Waals surface area contributed by atoms with Crippen molar-refractivity contribution in [2.75, 3.05) is 39.3 Å². The number of rotatable bonds is 4. The van der Waals surface area contributed by atoms with Gasteiger partial charge < -0.3 is 20.7 Å². The number of hydrogen-bond acceptors (Lipinski definition) is 4. The maximum absolute atomic E-state index is 11.8. The number of primary amides is 1. The van der Waals surface area contributed by atoms with E-state index in [0.717, 1.165) is 45.3 Å². The molecule has 1 amide bonds. The summed E-state index contributed by atoms with van der Waals surface area (Å²) in [6.07, 6.45) is 6.85. The maximum atomic E-state index is 11.8. The monoisotopic (exact) mass is 519 g/mol. The number of carbonyl (C=O) groups is 1. The number of fused-ring (bicyclic) bond motifs is 2. The molecule has 0 aromatic carbocycles. The lowest BCUT2D eigenvalue weighted by atomic mass is 9.54. The average molecular weight is 519 g/mol. The van der Waals surface area contributed by atoms with E-state index in [2.05, 4.69) is 22.0 Å². The van der Waals surface area contributed by atoms with Crippen molar-refractivity contribution < 1.29 is 9.53 Å². The van der Waals surface area contributed by atoms with Gasteiger partial charge in [-0.05, 0) is 40.0 Å². The molecule has 2 aliphatic heterocycles. The minimum atomic E-state index is -0.599. The largest absolute Gasteiger partial charge is 0.377 e. The Labute approximate surface area is 192 Å². The fourth-order valence-electron chi connectivity index (χ4n) is 6.06. The number of hydrogen-bond donors (Lipinski definition) is 2. The molecule has 2 heterocycles. The summed E-state index contributed by atoms with van der Waals surface area (Å²) in [5.74, 6) is 1.42. The van der Waals surface area contributed by atoms with Crippen LogP contribution in [0.1, 0.15) is 52.9 Å². The smallest absolute Gasteiger partial charge is 0.237 e. The summed E-state index contributed by atoms with van der Waals surface area (Å²) in [6.45, 7) is 11.0. The number of amides is 1. The van der Waals surface area contributed by atoms with E-state index in [1.165, 1.54) is 32.1 Å². The van der Waals surface area contributed by atoms with Crippen LogP contribution in [0, 0.1) is 11.3 Å². The zero-order valence-electron chi connectivity index (χ0n) is 18.2.